The van der Waals surface area contributed by atoms with Gasteiger partial charge in [0, 0.05) is 18.4 Å². The van der Waals surface area contributed by atoms with Gasteiger partial charge in [-0.05, 0) is 24.3 Å². The Morgan fingerprint density at radius 1 is 1.20 bits per heavy atom. The largest absolute Gasteiger partial charge is 0.455 e. The van der Waals surface area contributed by atoms with Gasteiger partial charge in [0.15, 0.2) is 15.6 Å². The molecule has 0 aliphatic rings. The van der Waals surface area contributed by atoms with Gasteiger partial charge in [0.2, 0.25) is 0 Å². The molecule has 7 heteroatoms. The first-order valence-electron chi connectivity index (χ1n) is 5.50. The third-order valence-corrected chi connectivity index (χ3v) is 3.95. The highest BCUT2D eigenvalue weighted by Gasteiger charge is 2.10. The number of ether oxygens (including phenoxy) is 1. The number of sulfone groups is 1. The van der Waals surface area contributed by atoms with E-state index in [0.29, 0.717) is 5.75 Å². The Labute approximate surface area is 120 Å². The third-order valence-electron chi connectivity index (χ3n) is 2.53. The highest BCUT2D eigenvalue weighted by molar-refractivity contribution is 7.90. The fraction of sp³-hybridized carbons (Fsp3) is 0.0769. The number of nitrogens with two attached hydrogens (primary N) is 1. The number of anilines is 1. The van der Waals surface area contributed by atoms with Crippen LogP contribution in [0.2, 0.25) is 5.02 Å². The van der Waals surface area contributed by atoms with Crippen molar-refractivity contribution in [3.8, 4) is 11.5 Å². The van der Waals surface area contributed by atoms with E-state index in [1.165, 1.54) is 30.3 Å². The van der Waals surface area contributed by atoms with Gasteiger partial charge in [-0.2, -0.15) is 0 Å². The van der Waals surface area contributed by atoms with Crippen molar-refractivity contribution in [2.45, 2.75) is 4.90 Å². The van der Waals surface area contributed by atoms with Gasteiger partial charge >= 0.3 is 0 Å². The lowest BCUT2D eigenvalue weighted by atomic mass is 10.3. The standard InChI is InChI=1S/C13H11ClFNO3S/c1-20(17,18)9-4-2-8(3-5-9)19-13-6-10(14)11(15)7-12(13)16/h2-7H,16H2,1H3. The van der Waals surface area contributed by atoms with Crippen molar-refractivity contribution >= 4 is 27.1 Å². The molecule has 0 aromatic heterocycles. The fourth-order valence-corrected chi connectivity index (χ4v) is 2.30. The maximum atomic E-state index is 13.1. The second-order valence-corrected chi connectivity index (χ2v) is 6.57. The van der Waals surface area contributed by atoms with Crippen LogP contribution in [0.15, 0.2) is 41.3 Å². The summed E-state index contributed by atoms with van der Waals surface area (Å²) in [5.41, 5.74) is 5.71. The van der Waals surface area contributed by atoms with Crippen molar-refractivity contribution in [2.24, 2.45) is 0 Å². The topological polar surface area (TPSA) is 69.4 Å². The van der Waals surface area contributed by atoms with Crippen molar-refractivity contribution in [3.63, 3.8) is 0 Å². The number of benzene rings is 2. The lowest BCUT2D eigenvalue weighted by molar-refractivity contribution is 0.482. The molecular weight excluding hydrogens is 305 g/mol. The van der Waals surface area contributed by atoms with Crippen LogP contribution in [0.25, 0.3) is 0 Å². The first kappa shape index (κ1) is 14.6. The van der Waals surface area contributed by atoms with E-state index in [1.54, 1.807) is 0 Å². The number of hydrogen-bond donors (Lipinski definition) is 1. The van der Waals surface area contributed by atoms with E-state index in [9.17, 15) is 12.8 Å². The second kappa shape index (κ2) is 5.30. The molecule has 2 rings (SSSR count). The zero-order valence-electron chi connectivity index (χ0n) is 10.4. The molecule has 0 saturated carbocycles. The van der Waals surface area contributed by atoms with Crippen molar-refractivity contribution in [3.05, 3.63) is 47.2 Å². The summed E-state index contributed by atoms with van der Waals surface area (Å²) >= 11 is 5.65. The number of hydrogen-bond acceptors (Lipinski definition) is 4. The smallest absolute Gasteiger partial charge is 0.175 e. The Kier molecular flexibility index (Phi) is 3.87. The molecule has 0 radical (unpaired) electrons. The molecule has 0 spiro atoms. The minimum Gasteiger partial charge on any atom is -0.455 e. The highest BCUT2D eigenvalue weighted by atomic mass is 35.5. The van der Waals surface area contributed by atoms with Crippen LogP contribution in [-0.2, 0) is 9.84 Å². The van der Waals surface area contributed by atoms with Crippen molar-refractivity contribution in [2.75, 3.05) is 12.0 Å². The van der Waals surface area contributed by atoms with Crippen LogP contribution in [0.5, 0.6) is 11.5 Å². The van der Waals surface area contributed by atoms with Gasteiger partial charge < -0.3 is 10.5 Å². The summed E-state index contributed by atoms with van der Waals surface area (Å²) in [5, 5.41) is -0.109. The zero-order chi connectivity index (χ0) is 14.9. The summed E-state index contributed by atoms with van der Waals surface area (Å²) in [6.07, 6.45) is 1.11. The Morgan fingerprint density at radius 2 is 1.80 bits per heavy atom. The van der Waals surface area contributed by atoms with Crippen LogP contribution in [0, 0.1) is 5.82 Å². The maximum absolute atomic E-state index is 13.1. The Hall–Kier alpha value is -1.79. The molecule has 106 valence electrons. The molecule has 20 heavy (non-hydrogen) atoms. The zero-order valence-corrected chi connectivity index (χ0v) is 12.0. The molecule has 0 saturated heterocycles. The fourth-order valence-electron chi connectivity index (χ4n) is 1.51. The van der Waals surface area contributed by atoms with Crippen LogP contribution in [0.1, 0.15) is 0 Å². The molecule has 2 N–H and O–H groups in total. The predicted molar refractivity (Wildman–Crippen MR) is 75.4 cm³/mol. The van der Waals surface area contributed by atoms with Gasteiger partial charge in [-0.1, -0.05) is 11.6 Å². The van der Waals surface area contributed by atoms with Gasteiger partial charge in [-0.25, -0.2) is 12.8 Å². The monoisotopic (exact) mass is 315 g/mol. The Balaban J connectivity index is 2.29. The van der Waals surface area contributed by atoms with Crippen molar-refractivity contribution < 1.29 is 17.5 Å². The minimum atomic E-state index is -3.26. The quantitative estimate of drug-likeness (QED) is 0.883. The molecule has 0 fully saturated rings. The number of nitrogen functional groups attached to an aromatic ring is 1. The van der Waals surface area contributed by atoms with Crippen LogP contribution in [0.3, 0.4) is 0 Å². The molecule has 0 unspecified atom stereocenters. The summed E-state index contributed by atoms with van der Waals surface area (Å²) in [7, 11) is -3.26. The highest BCUT2D eigenvalue weighted by Crippen LogP contribution is 2.32. The normalized spacial score (nSPS) is 11.3. The summed E-state index contributed by atoms with van der Waals surface area (Å²) in [6.45, 7) is 0. The Morgan fingerprint density at radius 3 is 2.35 bits per heavy atom. The molecule has 0 atom stereocenters. The summed E-state index contributed by atoms with van der Waals surface area (Å²) in [4.78, 5) is 0.176. The maximum Gasteiger partial charge on any atom is 0.175 e. The SMILES string of the molecule is CS(=O)(=O)c1ccc(Oc2cc(Cl)c(F)cc2N)cc1. The third kappa shape index (κ3) is 3.20. The molecule has 0 heterocycles. The molecule has 0 aliphatic heterocycles. The average Bonchev–Trinajstić information content (AvgIpc) is 2.35. The second-order valence-electron chi connectivity index (χ2n) is 4.15. The van der Waals surface area contributed by atoms with E-state index >= 15 is 0 Å². The summed E-state index contributed by atoms with van der Waals surface area (Å²) in [6, 6.07) is 8.09. The molecule has 4 nitrogen and oxygen atoms in total. The lowest BCUT2D eigenvalue weighted by Crippen LogP contribution is -1.97. The predicted octanol–water partition coefficient (Wildman–Crippen LogP) is 3.26. The minimum absolute atomic E-state index is 0.0964. The van der Waals surface area contributed by atoms with Crippen LogP contribution in [-0.4, -0.2) is 14.7 Å². The Bertz CT molecular complexity index is 745. The van der Waals surface area contributed by atoms with Crippen LogP contribution in [0.4, 0.5) is 10.1 Å². The van der Waals surface area contributed by atoms with Crippen LogP contribution < -0.4 is 10.5 Å². The summed E-state index contributed by atoms with van der Waals surface area (Å²) in [5.74, 6) is -0.0702. The number of halogens is 2. The van der Waals surface area contributed by atoms with E-state index in [1.807, 2.05) is 0 Å². The van der Waals surface area contributed by atoms with Crippen LogP contribution >= 0.6 is 11.6 Å². The van der Waals surface area contributed by atoms with E-state index < -0.39 is 15.7 Å². The molecular formula is C13H11ClFNO3S. The van der Waals surface area contributed by atoms with Gasteiger partial charge in [-0.3, -0.25) is 0 Å². The van der Waals surface area contributed by atoms with Gasteiger partial charge in [0.05, 0.1) is 15.6 Å². The van der Waals surface area contributed by atoms with Crippen molar-refractivity contribution in [1.29, 1.82) is 0 Å². The first-order chi connectivity index (χ1) is 9.27. The molecule has 0 amide bonds. The molecule has 0 bridgehead atoms. The van der Waals surface area contributed by atoms with Crippen molar-refractivity contribution in [1.82, 2.24) is 0 Å². The van der Waals surface area contributed by atoms with E-state index in [2.05, 4.69) is 0 Å². The van der Waals surface area contributed by atoms with Gasteiger partial charge in [0.1, 0.15) is 11.6 Å². The van der Waals surface area contributed by atoms with E-state index in [0.717, 1.165) is 12.3 Å². The molecule has 2 aromatic rings. The molecule has 0 aliphatic carbocycles. The summed E-state index contributed by atoms with van der Waals surface area (Å²) < 4.78 is 41.2. The van der Waals surface area contributed by atoms with E-state index in [-0.39, 0.29) is 21.4 Å². The molecule has 2 aromatic carbocycles. The van der Waals surface area contributed by atoms with Gasteiger partial charge in [-0.15, -0.1) is 0 Å². The lowest BCUT2D eigenvalue weighted by Gasteiger charge is -2.09. The average molecular weight is 316 g/mol. The first-order valence-corrected chi connectivity index (χ1v) is 7.77. The number of rotatable bonds is 3. The van der Waals surface area contributed by atoms with Gasteiger partial charge in [0.25, 0.3) is 0 Å². The van der Waals surface area contributed by atoms with E-state index in [4.69, 9.17) is 22.1 Å².